The largest absolute Gasteiger partial charge is 0.481 e. The third kappa shape index (κ3) is 4.61. The lowest BCUT2D eigenvalue weighted by Gasteiger charge is -2.11. The lowest BCUT2D eigenvalue weighted by molar-refractivity contribution is -0.138. The number of benzene rings is 2. The summed E-state index contributed by atoms with van der Waals surface area (Å²) in [7, 11) is 0. The van der Waals surface area contributed by atoms with Crippen LogP contribution in [0.3, 0.4) is 0 Å². The summed E-state index contributed by atoms with van der Waals surface area (Å²) in [6.07, 6.45) is -2.73. The summed E-state index contributed by atoms with van der Waals surface area (Å²) in [6, 6.07) is 12.1. The highest BCUT2D eigenvalue weighted by molar-refractivity contribution is 5.78. The van der Waals surface area contributed by atoms with Gasteiger partial charge in [-0.25, -0.2) is 9.97 Å². The van der Waals surface area contributed by atoms with E-state index in [1.165, 1.54) is 12.1 Å². The molecule has 27 heavy (non-hydrogen) atoms. The van der Waals surface area contributed by atoms with Crippen molar-refractivity contribution in [1.82, 2.24) is 9.97 Å². The highest BCUT2D eigenvalue weighted by Crippen LogP contribution is 2.32. The standard InChI is InChI=1S/C20H17F3N2O2/c21-20(22,23)14-11-9-13(10-12-14)19-17(7-3-4-8-18(26)27)24-15-5-1-2-6-16(15)25-19/h1-2,5-6,9-12H,3-4,7-8H2,(H,26,27). The number of para-hydroxylation sites is 2. The maximum atomic E-state index is 12.8. The van der Waals surface area contributed by atoms with Gasteiger partial charge in [0.25, 0.3) is 0 Å². The summed E-state index contributed by atoms with van der Waals surface area (Å²) in [4.78, 5) is 19.9. The van der Waals surface area contributed by atoms with Gasteiger partial charge < -0.3 is 5.11 Å². The van der Waals surface area contributed by atoms with Crippen LogP contribution >= 0.6 is 0 Å². The Bertz CT molecular complexity index is 954. The van der Waals surface area contributed by atoms with Gasteiger partial charge in [0.05, 0.1) is 28.0 Å². The van der Waals surface area contributed by atoms with Crippen molar-refractivity contribution in [3.8, 4) is 11.3 Å². The SMILES string of the molecule is O=C(O)CCCCc1nc2ccccc2nc1-c1ccc(C(F)(F)F)cc1. The van der Waals surface area contributed by atoms with Crippen LogP contribution in [0.5, 0.6) is 0 Å². The molecule has 0 atom stereocenters. The molecule has 0 amide bonds. The number of nitrogens with zero attached hydrogens (tertiary/aromatic N) is 2. The van der Waals surface area contributed by atoms with Crippen molar-refractivity contribution >= 4 is 17.0 Å². The van der Waals surface area contributed by atoms with E-state index >= 15 is 0 Å². The molecule has 1 N–H and O–H groups in total. The number of fused-ring (bicyclic) bond motifs is 1. The predicted molar refractivity (Wildman–Crippen MR) is 95.2 cm³/mol. The molecule has 0 aliphatic heterocycles. The van der Waals surface area contributed by atoms with Crippen LogP contribution in [0, 0.1) is 0 Å². The molecule has 0 spiro atoms. The average Bonchev–Trinajstić information content (AvgIpc) is 2.64. The van der Waals surface area contributed by atoms with Crippen LogP contribution in [0.2, 0.25) is 0 Å². The number of aromatic nitrogens is 2. The first kappa shape index (κ1) is 18.8. The van der Waals surface area contributed by atoms with Crippen molar-refractivity contribution < 1.29 is 23.1 Å². The Kier molecular flexibility index (Phi) is 5.39. The van der Waals surface area contributed by atoms with Gasteiger partial charge in [0.1, 0.15) is 0 Å². The van der Waals surface area contributed by atoms with Gasteiger partial charge in [0, 0.05) is 12.0 Å². The van der Waals surface area contributed by atoms with Crippen LogP contribution in [0.4, 0.5) is 13.2 Å². The zero-order chi connectivity index (χ0) is 19.4. The summed E-state index contributed by atoms with van der Waals surface area (Å²) < 4.78 is 38.4. The van der Waals surface area contributed by atoms with Crippen LogP contribution in [-0.4, -0.2) is 21.0 Å². The average molecular weight is 374 g/mol. The van der Waals surface area contributed by atoms with Gasteiger partial charge in [-0.3, -0.25) is 4.79 Å². The van der Waals surface area contributed by atoms with Crippen LogP contribution < -0.4 is 0 Å². The third-order valence-electron chi connectivity index (χ3n) is 4.18. The number of rotatable bonds is 6. The van der Waals surface area contributed by atoms with Crippen molar-refractivity contribution in [1.29, 1.82) is 0 Å². The Balaban J connectivity index is 1.96. The van der Waals surface area contributed by atoms with E-state index < -0.39 is 17.7 Å². The second kappa shape index (κ2) is 7.73. The summed E-state index contributed by atoms with van der Waals surface area (Å²) in [5.41, 5.74) is 2.36. The van der Waals surface area contributed by atoms with Gasteiger partial charge in [-0.05, 0) is 43.5 Å². The Morgan fingerprint density at radius 3 is 2.15 bits per heavy atom. The maximum Gasteiger partial charge on any atom is 0.416 e. The van der Waals surface area contributed by atoms with Gasteiger partial charge in [-0.2, -0.15) is 13.2 Å². The number of aryl methyl sites for hydroxylation is 1. The monoisotopic (exact) mass is 374 g/mol. The zero-order valence-electron chi connectivity index (χ0n) is 14.3. The molecule has 0 radical (unpaired) electrons. The van der Waals surface area contributed by atoms with Crippen LogP contribution in [0.1, 0.15) is 30.5 Å². The number of alkyl halides is 3. The summed E-state index contributed by atoms with van der Waals surface area (Å²) >= 11 is 0. The van der Waals surface area contributed by atoms with Gasteiger partial charge in [-0.1, -0.05) is 24.3 Å². The zero-order valence-corrected chi connectivity index (χ0v) is 14.3. The number of carbonyl (C=O) groups is 1. The van der Waals surface area contributed by atoms with Crippen molar-refractivity contribution in [3.05, 3.63) is 59.8 Å². The van der Waals surface area contributed by atoms with E-state index in [9.17, 15) is 18.0 Å². The number of carboxylic acid groups (broad SMARTS) is 1. The molecule has 3 aromatic rings. The fourth-order valence-corrected chi connectivity index (χ4v) is 2.83. The fourth-order valence-electron chi connectivity index (χ4n) is 2.83. The van der Waals surface area contributed by atoms with E-state index in [1.54, 1.807) is 6.07 Å². The second-order valence-corrected chi connectivity index (χ2v) is 6.18. The highest BCUT2D eigenvalue weighted by atomic mass is 19.4. The first-order valence-electron chi connectivity index (χ1n) is 8.49. The Morgan fingerprint density at radius 1 is 0.926 bits per heavy atom. The van der Waals surface area contributed by atoms with Crippen molar-refractivity contribution in [3.63, 3.8) is 0 Å². The predicted octanol–water partition coefficient (Wildman–Crippen LogP) is 5.11. The smallest absolute Gasteiger partial charge is 0.416 e. The highest BCUT2D eigenvalue weighted by Gasteiger charge is 2.30. The Labute approximate surface area is 153 Å². The lowest BCUT2D eigenvalue weighted by Crippen LogP contribution is -2.05. The fraction of sp³-hybridized carbons (Fsp3) is 0.250. The molecule has 140 valence electrons. The van der Waals surface area contributed by atoms with Crippen molar-refractivity contribution in [2.24, 2.45) is 0 Å². The first-order chi connectivity index (χ1) is 12.8. The molecule has 0 unspecified atom stereocenters. The summed E-state index contributed by atoms with van der Waals surface area (Å²) in [5, 5.41) is 8.76. The van der Waals surface area contributed by atoms with Gasteiger partial charge in [0.2, 0.25) is 0 Å². The number of hydrogen-bond donors (Lipinski definition) is 1. The van der Waals surface area contributed by atoms with Crippen LogP contribution in [0.15, 0.2) is 48.5 Å². The number of unbranched alkanes of at least 4 members (excludes halogenated alkanes) is 1. The Morgan fingerprint density at radius 2 is 1.56 bits per heavy atom. The topological polar surface area (TPSA) is 63.1 Å². The molecular formula is C20H17F3N2O2. The molecule has 0 fully saturated rings. The molecule has 7 heteroatoms. The molecule has 0 saturated heterocycles. The first-order valence-corrected chi connectivity index (χ1v) is 8.49. The number of carboxylic acids is 1. The van der Waals surface area contributed by atoms with Crippen LogP contribution in [-0.2, 0) is 17.4 Å². The van der Waals surface area contributed by atoms with Gasteiger partial charge >= 0.3 is 12.1 Å². The van der Waals surface area contributed by atoms with E-state index in [0.29, 0.717) is 47.2 Å². The maximum absolute atomic E-state index is 12.8. The third-order valence-corrected chi connectivity index (χ3v) is 4.18. The minimum atomic E-state index is -4.40. The lowest BCUT2D eigenvalue weighted by atomic mass is 10.0. The van der Waals surface area contributed by atoms with Crippen molar-refractivity contribution in [2.45, 2.75) is 31.9 Å². The quantitative estimate of drug-likeness (QED) is 0.609. The molecule has 1 aromatic heterocycles. The van der Waals surface area contributed by atoms with Crippen molar-refractivity contribution in [2.75, 3.05) is 0 Å². The number of halogens is 3. The normalized spacial score (nSPS) is 11.7. The molecule has 0 bridgehead atoms. The molecule has 0 saturated carbocycles. The summed E-state index contributed by atoms with van der Waals surface area (Å²) in [6.45, 7) is 0. The molecule has 1 heterocycles. The van der Waals surface area contributed by atoms with E-state index in [2.05, 4.69) is 9.97 Å². The Hall–Kier alpha value is -2.96. The van der Waals surface area contributed by atoms with Gasteiger partial charge in [0.15, 0.2) is 0 Å². The van der Waals surface area contributed by atoms with Gasteiger partial charge in [-0.15, -0.1) is 0 Å². The molecular weight excluding hydrogens is 357 g/mol. The molecule has 0 aliphatic rings. The molecule has 0 aliphatic carbocycles. The molecule has 3 rings (SSSR count). The molecule has 2 aromatic carbocycles. The van der Waals surface area contributed by atoms with E-state index in [-0.39, 0.29) is 6.42 Å². The summed E-state index contributed by atoms with van der Waals surface area (Å²) in [5.74, 6) is -0.859. The van der Waals surface area contributed by atoms with E-state index in [4.69, 9.17) is 5.11 Å². The molecule has 4 nitrogen and oxygen atoms in total. The minimum absolute atomic E-state index is 0.0661. The minimum Gasteiger partial charge on any atom is -0.481 e. The second-order valence-electron chi connectivity index (χ2n) is 6.18. The van der Waals surface area contributed by atoms with Crippen LogP contribution in [0.25, 0.3) is 22.3 Å². The number of aliphatic carboxylic acids is 1. The van der Waals surface area contributed by atoms with E-state index in [1.807, 2.05) is 18.2 Å². The number of hydrogen-bond acceptors (Lipinski definition) is 3. The van der Waals surface area contributed by atoms with E-state index in [0.717, 1.165) is 12.1 Å².